The van der Waals surface area contributed by atoms with E-state index in [0.717, 1.165) is 32.5 Å². The summed E-state index contributed by atoms with van der Waals surface area (Å²) in [5.41, 5.74) is 2.51. The number of nitrogens with zero attached hydrogens (tertiary/aromatic N) is 1. The Morgan fingerprint density at radius 2 is 1.93 bits per heavy atom. The van der Waals surface area contributed by atoms with Crippen LogP contribution in [-0.2, 0) is 6.54 Å². The lowest BCUT2D eigenvalue weighted by atomic mass is 9.78. The minimum atomic E-state index is -0.473. The van der Waals surface area contributed by atoms with E-state index < -0.39 is 6.10 Å². The maximum absolute atomic E-state index is 10.7. The molecule has 5 rings (SSSR count). The fourth-order valence-corrected chi connectivity index (χ4v) is 5.28. The second-order valence-electron chi connectivity index (χ2n) is 8.60. The zero-order valence-electron chi connectivity index (χ0n) is 17.1. The van der Waals surface area contributed by atoms with Crippen molar-refractivity contribution in [3.63, 3.8) is 0 Å². The van der Waals surface area contributed by atoms with Crippen LogP contribution in [0, 0.1) is 11.8 Å². The predicted octanol–water partition coefficient (Wildman–Crippen LogP) is 4.48. The van der Waals surface area contributed by atoms with E-state index in [2.05, 4.69) is 34.1 Å². The lowest BCUT2D eigenvalue weighted by Crippen LogP contribution is -2.42. The molecule has 1 aliphatic carbocycles. The molecule has 5 nitrogen and oxygen atoms in total. The summed E-state index contributed by atoms with van der Waals surface area (Å²) >= 11 is 6.34. The maximum atomic E-state index is 10.7. The number of H-pyrrole nitrogens is 1. The van der Waals surface area contributed by atoms with Crippen molar-refractivity contribution in [2.24, 2.45) is 11.8 Å². The normalized spacial score (nSPS) is 26.6. The molecule has 30 heavy (non-hydrogen) atoms. The molecule has 158 valence electrons. The van der Waals surface area contributed by atoms with Crippen molar-refractivity contribution in [3.8, 4) is 11.5 Å². The van der Waals surface area contributed by atoms with E-state index in [4.69, 9.17) is 21.1 Å². The van der Waals surface area contributed by atoms with Crippen LogP contribution in [0.25, 0.3) is 10.9 Å². The smallest absolute Gasteiger partial charge is 0.138 e. The first kappa shape index (κ1) is 19.7. The molecule has 0 spiro atoms. The number of hydrogen-bond donors (Lipinski definition) is 2. The number of hydrogen-bond acceptors (Lipinski definition) is 4. The highest BCUT2D eigenvalue weighted by molar-refractivity contribution is 6.32. The van der Waals surface area contributed by atoms with Gasteiger partial charge in [-0.1, -0.05) is 23.7 Å². The molecular formula is C24H27ClN2O3. The van der Waals surface area contributed by atoms with Gasteiger partial charge in [-0.05, 0) is 59.9 Å². The van der Waals surface area contributed by atoms with Crippen molar-refractivity contribution in [1.82, 2.24) is 9.88 Å². The Labute approximate surface area is 181 Å². The lowest BCUT2D eigenvalue weighted by Gasteiger charge is -2.35. The summed E-state index contributed by atoms with van der Waals surface area (Å²) in [5.74, 6) is 2.35. The molecule has 2 heterocycles. The van der Waals surface area contributed by atoms with E-state index in [9.17, 15) is 5.11 Å². The second kappa shape index (κ2) is 8.14. The summed E-state index contributed by atoms with van der Waals surface area (Å²) in [5, 5.41) is 12.5. The monoisotopic (exact) mass is 426 g/mol. The van der Waals surface area contributed by atoms with Crippen molar-refractivity contribution >= 4 is 22.5 Å². The molecule has 4 atom stereocenters. The first-order chi connectivity index (χ1) is 14.6. The molecular weight excluding hydrogens is 400 g/mol. The summed E-state index contributed by atoms with van der Waals surface area (Å²) < 4.78 is 11.3. The molecule has 0 bridgehead atoms. The highest BCUT2D eigenvalue weighted by atomic mass is 35.5. The van der Waals surface area contributed by atoms with Gasteiger partial charge in [0.1, 0.15) is 17.6 Å². The highest BCUT2D eigenvalue weighted by Gasteiger charge is 2.42. The highest BCUT2D eigenvalue weighted by Crippen LogP contribution is 2.40. The van der Waals surface area contributed by atoms with Crippen molar-refractivity contribution in [3.05, 3.63) is 59.2 Å². The summed E-state index contributed by atoms with van der Waals surface area (Å²) in [4.78, 5) is 5.80. The number of methoxy groups -OCH3 is 1. The van der Waals surface area contributed by atoms with Crippen molar-refractivity contribution in [2.75, 3.05) is 20.2 Å². The van der Waals surface area contributed by atoms with Gasteiger partial charge in [0, 0.05) is 37.4 Å². The van der Waals surface area contributed by atoms with Crippen molar-refractivity contribution < 1.29 is 14.6 Å². The van der Waals surface area contributed by atoms with Gasteiger partial charge in [-0.3, -0.25) is 4.90 Å². The molecule has 0 unspecified atom stereocenters. The van der Waals surface area contributed by atoms with E-state index in [0.29, 0.717) is 28.4 Å². The zero-order chi connectivity index (χ0) is 20.7. The number of likely N-dealkylation sites (tertiary alicyclic amines) is 1. The third-order valence-corrected chi connectivity index (χ3v) is 6.90. The minimum Gasteiger partial charge on any atom is -0.497 e. The van der Waals surface area contributed by atoms with Crippen LogP contribution in [0.2, 0.25) is 5.02 Å². The van der Waals surface area contributed by atoms with Crippen LogP contribution in [0.5, 0.6) is 11.5 Å². The van der Waals surface area contributed by atoms with Gasteiger partial charge >= 0.3 is 0 Å². The number of benzene rings is 2. The summed E-state index contributed by atoms with van der Waals surface area (Å²) in [6.07, 6.45) is 2.90. The van der Waals surface area contributed by atoms with E-state index in [1.54, 1.807) is 13.2 Å². The SMILES string of the molecule is COc1ccc(O[C@@H]2C[C@@H]3CN(Cc4ccc5cc[nH]c5c4)C[C@@H]3C[C@H]2O)c(Cl)c1. The van der Waals surface area contributed by atoms with Gasteiger partial charge in [0.2, 0.25) is 0 Å². The fraction of sp³-hybridized carbons (Fsp3) is 0.417. The average molecular weight is 427 g/mol. The van der Waals surface area contributed by atoms with E-state index in [1.165, 1.54) is 16.5 Å². The quantitative estimate of drug-likeness (QED) is 0.631. The van der Waals surface area contributed by atoms with Gasteiger partial charge in [-0.25, -0.2) is 0 Å². The topological polar surface area (TPSA) is 57.7 Å². The van der Waals surface area contributed by atoms with Crippen LogP contribution >= 0.6 is 11.6 Å². The number of rotatable bonds is 5. The molecule has 2 aliphatic rings. The Morgan fingerprint density at radius 3 is 2.73 bits per heavy atom. The maximum Gasteiger partial charge on any atom is 0.138 e. The Morgan fingerprint density at radius 1 is 1.10 bits per heavy atom. The summed E-state index contributed by atoms with van der Waals surface area (Å²) in [7, 11) is 1.61. The molecule has 2 N–H and O–H groups in total. The number of aromatic amines is 1. The van der Waals surface area contributed by atoms with Crippen molar-refractivity contribution in [1.29, 1.82) is 0 Å². The molecule has 1 aromatic heterocycles. The fourth-order valence-electron chi connectivity index (χ4n) is 5.06. The third-order valence-electron chi connectivity index (χ3n) is 6.60. The Bertz CT molecular complexity index is 1040. The van der Waals surface area contributed by atoms with Crippen LogP contribution in [-0.4, -0.2) is 47.4 Å². The first-order valence-corrected chi connectivity index (χ1v) is 10.9. The van der Waals surface area contributed by atoms with Gasteiger partial charge in [0.05, 0.1) is 18.2 Å². The van der Waals surface area contributed by atoms with Crippen LogP contribution < -0.4 is 9.47 Å². The second-order valence-corrected chi connectivity index (χ2v) is 9.01. The van der Waals surface area contributed by atoms with E-state index >= 15 is 0 Å². The molecule has 1 saturated heterocycles. The van der Waals surface area contributed by atoms with Gasteiger partial charge in [-0.2, -0.15) is 0 Å². The Hall–Kier alpha value is -2.21. The number of aliphatic hydroxyl groups excluding tert-OH is 1. The molecule has 3 aromatic rings. The van der Waals surface area contributed by atoms with Crippen LogP contribution in [0.15, 0.2) is 48.7 Å². The molecule has 0 radical (unpaired) electrons. The van der Waals surface area contributed by atoms with Gasteiger partial charge < -0.3 is 19.6 Å². The Balaban J connectivity index is 1.23. The molecule has 2 aromatic carbocycles. The van der Waals surface area contributed by atoms with Crippen LogP contribution in [0.3, 0.4) is 0 Å². The van der Waals surface area contributed by atoms with Gasteiger partial charge in [0.25, 0.3) is 0 Å². The number of nitrogens with one attached hydrogen (secondary N) is 1. The molecule has 1 saturated carbocycles. The molecule has 0 amide bonds. The average Bonchev–Trinajstić information content (AvgIpc) is 3.35. The zero-order valence-corrected chi connectivity index (χ0v) is 17.8. The number of aliphatic hydroxyl groups is 1. The molecule has 2 fully saturated rings. The van der Waals surface area contributed by atoms with Crippen LogP contribution in [0.4, 0.5) is 0 Å². The first-order valence-electron chi connectivity index (χ1n) is 10.6. The Kier molecular flexibility index (Phi) is 5.35. The van der Waals surface area contributed by atoms with E-state index in [-0.39, 0.29) is 6.10 Å². The van der Waals surface area contributed by atoms with Crippen LogP contribution in [0.1, 0.15) is 18.4 Å². The van der Waals surface area contributed by atoms with Crippen molar-refractivity contribution in [2.45, 2.75) is 31.6 Å². The molecule has 1 aliphatic heterocycles. The third kappa shape index (κ3) is 3.89. The standard InChI is InChI=1S/C24H27ClN2O3/c1-29-19-4-5-23(20(25)11-19)30-24-10-18-14-27(13-17(18)9-22(24)28)12-15-2-3-16-6-7-26-21(16)8-15/h2-8,11,17-18,22,24,26,28H,9-10,12-14H2,1H3/t17-,18+,22+,24+/m0/s1. The summed E-state index contributed by atoms with van der Waals surface area (Å²) in [6, 6.07) is 14.1. The summed E-state index contributed by atoms with van der Waals surface area (Å²) in [6.45, 7) is 3.00. The van der Waals surface area contributed by atoms with Gasteiger partial charge in [0.15, 0.2) is 0 Å². The van der Waals surface area contributed by atoms with E-state index in [1.807, 2.05) is 18.3 Å². The lowest BCUT2D eigenvalue weighted by molar-refractivity contribution is -0.0231. The predicted molar refractivity (Wildman–Crippen MR) is 118 cm³/mol. The molecule has 6 heteroatoms. The number of fused-ring (bicyclic) bond motifs is 2. The number of aromatic nitrogens is 1. The van der Waals surface area contributed by atoms with Gasteiger partial charge in [-0.15, -0.1) is 0 Å². The largest absolute Gasteiger partial charge is 0.497 e. The number of ether oxygens (including phenoxy) is 2. The minimum absolute atomic E-state index is 0.229. The number of halogens is 1.